The van der Waals surface area contributed by atoms with E-state index in [-0.39, 0.29) is 5.41 Å². The van der Waals surface area contributed by atoms with Crippen molar-refractivity contribution in [2.24, 2.45) is 17.3 Å². The molecule has 0 heterocycles. The highest BCUT2D eigenvalue weighted by atomic mass is 16.1. The average molecular weight is 292 g/mol. The summed E-state index contributed by atoms with van der Waals surface area (Å²) in [6.45, 7) is 6.83. The molecule has 2 atom stereocenters. The molecule has 1 aliphatic rings. The van der Waals surface area contributed by atoms with Gasteiger partial charge in [-0.25, -0.2) is 0 Å². The maximum Gasteiger partial charge on any atom is 0.120 e. The Hall–Kier alpha value is -1.89. The van der Waals surface area contributed by atoms with E-state index in [9.17, 15) is 4.79 Å². The topological polar surface area (TPSA) is 17.1 Å². The van der Waals surface area contributed by atoms with Crippen molar-refractivity contribution in [3.8, 4) is 0 Å². The Bertz CT molecular complexity index is 724. The second kappa shape index (κ2) is 5.72. The van der Waals surface area contributed by atoms with Crippen molar-refractivity contribution in [1.82, 2.24) is 0 Å². The number of hydrogen-bond donors (Lipinski definition) is 0. The highest BCUT2D eigenvalue weighted by Gasteiger charge is 2.47. The van der Waals surface area contributed by atoms with Gasteiger partial charge in [-0.2, -0.15) is 0 Å². The van der Waals surface area contributed by atoms with Crippen LogP contribution in [-0.2, 0) is 4.79 Å². The zero-order chi connectivity index (χ0) is 15.7. The molecule has 22 heavy (non-hydrogen) atoms. The Morgan fingerprint density at radius 2 is 1.91 bits per heavy atom. The predicted molar refractivity (Wildman–Crippen MR) is 93.7 cm³/mol. The van der Waals surface area contributed by atoms with E-state index in [2.05, 4.69) is 69.3 Å². The number of carbonyl (C=O) groups excluding carboxylic acids is 1. The third kappa shape index (κ3) is 2.61. The molecule has 0 N–H and O–H groups in total. The van der Waals surface area contributed by atoms with Gasteiger partial charge in [-0.3, -0.25) is 0 Å². The summed E-state index contributed by atoms with van der Waals surface area (Å²) in [5.74, 6) is 1.12. The van der Waals surface area contributed by atoms with Gasteiger partial charge >= 0.3 is 0 Å². The van der Waals surface area contributed by atoms with Gasteiger partial charge in [-0.15, -0.1) is 0 Å². The maximum absolute atomic E-state index is 10.8. The quantitative estimate of drug-likeness (QED) is 0.680. The lowest BCUT2D eigenvalue weighted by molar-refractivity contribution is -0.112. The average Bonchev–Trinajstić information content (AvgIpc) is 2.50. The third-order valence-corrected chi connectivity index (χ3v) is 5.57. The van der Waals surface area contributed by atoms with E-state index >= 15 is 0 Å². The van der Waals surface area contributed by atoms with Crippen LogP contribution < -0.4 is 0 Å². The molecule has 2 aromatic rings. The van der Waals surface area contributed by atoms with Gasteiger partial charge in [0.25, 0.3) is 0 Å². The van der Waals surface area contributed by atoms with Crippen molar-refractivity contribution < 1.29 is 4.79 Å². The van der Waals surface area contributed by atoms with Crippen molar-refractivity contribution in [3.05, 3.63) is 53.6 Å². The van der Waals surface area contributed by atoms with Gasteiger partial charge in [0.2, 0.25) is 0 Å². The first-order chi connectivity index (χ1) is 10.5. The molecule has 0 amide bonds. The highest BCUT2D eigenvalue weighted by molar-refractivity contribution is 5.84. The third-order valence-electron chi connectivity index (χ3n) is 5.57. The second-order valence-electron chi connectivity index (χ2n) is 7.20. The van der Waals surface area contributed by atoms with Crippen LogP contribution in [0.2, 0.25) is 0 Å². The van der Waals surface area contributed by atoms with Crippen molar-refractivity contribution in [1.29, 1.82) is 0 Å². The SMILES string of the molecule is C/C(=C/c1ccc2ccccc2c1)[C@H]1C[C@@H](CC=O)C1(C)C. The Morgan fingerprint density at radius 1 is 1.18 bits per heavy atom. The van der Waals surface area contributed by atoms with Gasteiger partial charge in [-0.05, 0) is 53.0 Å². The number of carbonyl (C=O) groups is 1. The minimum absolute atomic E-state index is 0.234. The second-order valence-corrected chi connectivity index (χ2v) is 7.20. The Morgan fingerprint density at radius 3 is 2.59 bits per heavy atom. The van der Waals surface area contributed by atoms with Crippen molar-refractivity contribution >= 4 is 23.1 Å². The lowest BCUT2D eigenvalue weighted by Gasteiger charge is -2.52. The molecule has 0 radical (unpaired) electrons. The van der Waals surface area contributed by atoms with Crippen LogP contribution in [0.15, 0.2) is 48.0 Å². The van der Waals surface area contributed by atoms with Crippen molar-refractivity contribution in [3.63, 3.8) is 0 Å². The molecule has 1 nitrogen and oxygen atoms in total. The first kappa shape index (κ1) is 15.0. The molecule has 2 aromatic carbocycles. The molecule has 0 saturated heterocycles. The summed E-state index contributed by atoms with van der Waals surface area (Å²) >= 11 is 0. The molecule has 0 aliphatic heterocycles. The van der Waals surface area contributed by atoms with E-state index in [0.717, 1.165) is 12.7 Å². The molecule has 114 valence electrons. The highest BCUT2D eigenvalue weighted by Crippen LogP contribution is 2.55. The Labute approximate surface area is 133 Å². The molecule has 1 heteroatoms. The van der Waals surface area contributed by atoms with Crippen LogP contribution in [0.5, 0.6) is 0 Å². The van der Waals surface area contributed by atoms with Crippen molar-refractivity contribution in [2.45, 2.75) is 33.6 Å². The summed E-state index contributed by atoms with van der Waals surface area (Å²) in [4.78, 5) is 10.8. The minimum Gasteiger partial charge on any atom is -0.303 e. The van der Waals surface area contributed by atoms with E-state index in [1.54, 1.807) is 0 Å². The summed E-state index contributed by atoms with van der Waals surface area (Å²) in [7, 11) is 0. The molecular formula is C21H24O. The van der Waals surface area contributed by atoms with Crippen LogP contribution in [0.4, 0.5) is 0 Å². The standard InChI is InChI=1S/C21H24O/c1-15(20-14-19(10-11-22)21(20,2)3)12-16-8-9-17-6-4-5-7-18(17)13-16/h4-9,11-13,19-20H,10,14H2,1-3H3/b15-12-/t19-,20-/m1/s1. The van der Waals surface area contributed by atoms with Crippen LogP contribution in [-0.4, -0.2) is 6.29 Å². The molecule has 1 fully saturated rings. The summed E-state index contributed by atoms with van der Waals surface area (Å²) in [5, 5.41) is 2.57. The zero-order valence-corrected chi connectivity index (χ0v) is 13.7. The first-order valence-electron chi connectivity index (χ1n) is 8.13. The molecule has 1 aliphatic carbocycles. The Balaban J connectivity index is 1.83. The molecule has 1 saturated carbocycles. The number of rotatable bonds is 4. The van der Waals surface area contributed by atoms with Gasteiger partial charge in [-0.1, -0.05) is 61.9 Å². The lowest BCUT2D eigenvalue weighted by Crippen LogP contribution is -2.45. The molecule has 0 unspecified atom stereocenters. The lowest BCUT2D eigenvalue weighted by atomic mass is 9.52. The molecule has 0 bridgehead atoms. The largest absolute Gasteiger partial charge is 0.303 e. The van der Waals surface area contributed by atoms with Crippen LogP contribution in [0.3, 0.4) is 0 Å². The minimum atomic E-state index is 0.234. The van der Waals surface area contributed by atoms with Crippen LogP contribution in [0.1, 0.15) is 39.2 Å². The van der Waals surface area contributed by atoms with Crippen LogP contribution >= 0.6 is 0 Å². The predicted octanol–water partition coefficient (Wildman–Crippen LogP) is 5.49. The maximum atomic E-state index is 10.8. The van der Waals surface area contributed by atoms with E-state index in [1.165, 1.54) is 21.9 Å². The number of hydrogen-bond acceptors (Lipinski definition) is 1. The first-order valence-corrected chi connectivity index (χ1v) is 8.13. The summed E-state index contributed by atoms with van der Waals surface area (Å²) in [6, 6.07) is 15.1. The molecule has 3 rings (SSSR count). The number of aldehydes is 1. The van der Waals surface area contributed by atoms with Gasteiger partial charge in [0, 0.05) is 6.42 Å². The van der Waals surface area contributed by atoms with E-state index < -0.39 is 0 Å². The number of fused-ring (bicyclic) bond motifs is 1. The number of benzene rings is 2. The van der Waals surface area contributed by atoms with Crippen LogP contribution in [0.25, 0.3) is 16.8 Å². The van der Waals surface area contributed by atoms with Gasteiger partial charge in [0.1, 0.15) is 6.29 Å². The zero-order valence-electron chi connectivity index (χ0n) is 13.7. The van der Waals surface area contributed by atoms with E-state index in [4.69, 9.17) is 0 Å². The fourth-order valence-electron chi connectivity index (χ4n) is 3.97. The Kier molecular flexibility index (Phi) is 3.90. The fourth-order valence-corrected chi connectivity index (χ4v) is 3.97. The normalized spacial score (nSPS) is 24.0. The monoisotopic (exact) mass is 292 g/mol. The smallest absolute Gasteiger partial charge is 0.120 e. The molecule has 0 aromatic heterocycles. The summed E-state index contributed by atoms with van der Waals surface area (Å²) in [6.07, 6.45) is 5.23. The fraction of sp³-hybridized carbons (Fsp3) is 0.381. The van der Waals surface area contributed by atoms with Crippen molar-refractivity contribution in [2.75, 3.05) is 0 Å². The van der Waals surface area contributed by atoms with Gasteiger partial charge in [0.05, 0.1) is 0 Å². The van der Waals surface area contributed by atoms with Gasteiger partial charge < -0.3 is 4.79 Å². The summed E-state index contributed by atoms with van der Waals surface area (Å²) in [5.41, 5.74) is 2.94. The number of allylic oxidation sites excluding steroid dienone is 1. The van der Waals surface area contributed by atoms with E-state index in [0.29, 0.717) is 18.3 Å². The van der Waals surface area contributed by atoms with Gasteiger partial charge in [0.15, 0.2) is 0 Å². The summed E-state index contributed by atoms with van der Waals surface area (Å²) < 4.78 is 0. The van der Waals surface area contributed by atoms with Crippen LogP contribution in [0, 0.1) is 17.3 Å². The van der Waals surface area contributed by atoms with E-state index in [1.807, 2.05) is 0 Å². The molecule has 0 spiro atoms. The molecular weight excluding hydrogens is 268 g/mol.